The molecule has 0 bridgehead atoms. The lowest BCUT2D eigenvalue weighted by Gasteiger charge is -2.33. The van der Waals surface area contributed by atoms with Crippen molar-refractivity contribution in [2.75, 3.05) is 38.5 Å². The number of hydrogen-bond acceptors (Lipinski definition) is 7. The van der Waals surface area contributed by atoms with Gasteiger partial charge in [-0.05, 0) is 18.6 Å². The molecule has 1 aromatic heterocycles. The van der Waals surface area contributed by atoms with Crippen molar-refractivity contribution in [3.05, 3.63) is 30.1 Å². The summed E-state index contributed by atoms with van der Waals surface area (Å²) in [5, 5.41) is 0. The van der Waals surface area contributed by atoms with E-state index in [1.807, 2.05) is 6.92 Å². The number of carbonyl (C=O) groups excluding carboxylic acids is 1. The molecule has 0 saturated carbocycles. The van der Waals surface area contributed by atoms with Gasteiger partial charge in [-0.25, -0.2) is 12.8 Å². The molecular formula is C17H21FN4O4S2. The van der Waals surface area contributed by atoms with Crippen LogP contribution in [0.5, 0.6) is 5.88 Å². The van der Waals surface area contributed by atoms with E-state index in [1.165, 1.54) is 16.4 Å². The smallest absolute Gasteiger partial charge is 0.260 e. The molecule has 11 heteroatoms. The quantitative estimate of drug-likeness (QED) is 0.665. The van der Waals surface area contributed by atoms with Gasteiger partial charge in [0.2, 0.25) is 10.0 Å². The number of halogens is 1. The van der Waals surface area contributed by atoms with E-state index < -0.39 is 15.8 Å². The van der Waals surface area contributed by atoms with E-state index in [9.17, 15) is 17.6 Å². The summed E-state index contributed by atoms with van der Waals surface area (Å²) in [5.41, 5.74) is 0.902. The first-order valence-electron chi connectivity index (χ1n) is 8.87. The molecule has 28 heavy (non-hydrogen) atoms. The molecule has 0 aliphatic carbocycles. The normalized spacial score (nSPS) is 15.6. The lowest BCUT2D eigenvalue weighted by Crippen LogP contribution is -2.52. The highest BCUT2D eigenvalue weighted by Gasteiger charge is 2.28. The van der Waals surface area contributed by atoms with E-state index in [4.69, 9.17) is 4.74 Å². The molecule has 0 unspecified atom stereocenters. The highest BCUT2D eigenvalue weighted by molar-refractivity contribution is 7.89. The minimum Gasteiger partial charge on any atom is -0.465 e. The van der Waals surface area contributed by atoms with Crippen molar-refractivity contribution in [2.45, 2.75) is 13.3 Å². The Balaban J connectivity index is 1.56. The standard InChI is InChI=1S/C17H21FN4O4S2/c1-2-10-28(24,25)22-8-6-21(7-9-22)15(23)12-26-17-16(19-27-20-17)13-4-3-5-14(18)11-13/h3-5,11H,2,6-10,12H2,1H3. The second-order valence-corrected chi connectivity index (χ2v) is 8.93. The van der Waals surface area contributed by atoms with Gasteiger partial charge < -0.3 is 9.64 Å². The van der Waals surface area contributed by atoms with Crippen molar-refractivity contribution in [3.63, 3.8) is 0 Å². The van der Waals surface area contributed by atoms with Gasteiger partial charge in [0.25, 0.3) is 11.8 Å². The van der Waals surface area contributed by atoms with Gasteiger partial charge in [0, 0.05) is 31.7 Å². The average Bonchev–Trinajstić information content (AvgIpc) is 3.15. The summed E-state index contributed by atoms with van der Waals surface area (Å²) in [6, 6.07) is 5.89. The lowest BCUT2D eigenvalue weighted by molar-refractivity contribution is -0.134. The van der Waals surface area contributed by atoms with Gasteiger partial charge in [0.1, 0.15) is 11.5 Å². The number of aromatic nitrogens is 2. The number of sulfonamides is 1. The molecule has 0 spiro atoms. The van der Waals surface area contributed by atoms with Crippen molar-refractivity contribution in [1.29, 1.82) is 0 Å². The van der Waals surface area contributed by atoms with Gasteiger partial charge >= 0.3 is 0 Å². The first-order chi connectivity index (χ1) is 13.4. The van der Waals surface area contributed by atoms with E-state index in [0.29, 0.717) is 30.8 Å². The maximum absolute atomic E-state index is 13.4. The fraction of sp³-hybridized carbons (Fsp3) is 0.471. The molecule has 2 aromatic rings. The van der Waals surface area contributed by atoms with Gasteiger partial charge in [0.05, 0.1) is 17.5 Å². The van der Waals surface area contributed by atoms with Gasteiger partial charge in [-0.1, -0.05) is 19.1 Å². The molecule has 0 radical (unpaired) electrons. The zero-order valence-corrected chi connectivity index (χ0v) is 17.0. The molecular weight excluding hydrogens is 407 g/mol. The topological polar surface area (TPSA) is 92.7 Å². The SMILES string of the molecule is CCCS(=O)(=O)N1CCN(C(=O)COc2nsnc2-c2cccc(F)c2)CC1. The maximum atomic E-state index is 13.4. The molecule has 0 atom stereocenters. The molecule has 3 rings (SSSR count). The van der Waals surface area contributed by atoms with Crippen LogP contribution in [0.3, 0.4) is 0 Å². The third kappa shape index (κ3) is 4.83. The highest BCUT2D eigenvalue weighted by atomic mass is 32.2. The fourth-order valence-corrected chi connectivity index (χ4v) is 4.92. The predicted octanol–water partition coefficient (Wildman–Crippen LogP) is 1.61. The summed E-state index contributed by atoms with van der Waals surface area (Å²) in [6.07, 6.45) is 0.560. The summed E-state index contributed by atoms with van der Waals surface area (Å²) < 4.78 is 52.7. The molecule has 1 aliphatic heterocycles. The van der Waals surface area contributed by atoms with Crippen LogP contribution in [-0.4, -0.2) is 70.8 Å². The van der Waals surface area contributed by atoms with Crippen LogP contribution >= 0.6 is 11.7 Å². The van der Waals surface area contributed by atoms with Crippen molar-refractivity contribution in [3.8, 4) is 17.1 Å². The van der Waals surface area contributed by atoms with Crippen LogP contribution in [0.2, 0.25) is 0 Å². The number of ether oxygens (including phenoxy) is 1. The zero-order chi connectivity index (χ0) is 20.1. The molecule has 1 aliphatic rings. The Morgan fingerprint density at radius 2 is 2.00 bits per heavy atom. The first-order valence-corrected chi connectivity index (χ1v) is 11.2. The minimum absolute atomic E-state index is 0.115. The summed E-state index contributed by atoms with van der Waals surface area (Å²) in [4.78, 5) is 14.0. The Bertz CT molecular complexity index is 927. The van der Waals surface area contributed by atoms with E-state index in [2.05, 4.69) is 8.75 Å². The van der Waals surface area contributed by atoms with E-state index in [-0.39, 0.29) is 37.2 Å². The third-order valence-electron chi connectivity index (χ3n) is 4.34. The zero-order valence-electron chi connectivity index (χ0n) is 15.4. The molecule has 8 nitrogen and oxygen atoms in total. The van der Waals surface area contributed by atoms with Crippen LogP contribution in [-0.2, 0) is 14.8 Å². The largest absolute Gasteiger partial charge is 0.465 e. The third-order valence-corrected chi connectivity index (χ3v) is 6.92. The Kier molecular flexibility index (Phi) is 6.57. The van der Waals surface area contributed by atoms with Crippen molar-refractivity contribution in [1.82, 2.24) is 18.0 Å². The molecule has 1 aromatic carbocycles. The fourth-order valence-electron chi connectivity index (χ4n) is 2.91. The van der Waals surface area contributed by atoms with Crippen molar-refractivity contribution in [2.24, 2.45) is 0 Å². The Morgan fingerprint density at radius 1 is 1.25 bits per heavy atom. The number of benzene rings is 1. The van der Waals surface area contributed by atoms with Crippen LogP contribution in [0.15, 0.2) is 24.3 Å². The first kappa shape index (κ1) is 20.6. The number of amides is 1. The monoisotopic (exact) mass is 428 g/mol. The summed E-state index contributed by atoms with van der Waals surface area (Å²) in [6.45, 7) is 2.77. The Labute approximate surface area is 167 Å². The van der Waals surface area contributed by atoms with Gasteiger partial charge in [-0.2, -0.15) is 8.68 Å². The average molecular weight is 429 g/mol. The molecule has 2 heterocycles. The molecule has 1 fully saturated rings. The van der Waals surface area contributed by atoms with Crippen LogP contribution in [0.25, 0.3) is 11.3 Å². The number of rotatable bonds is 7. The summed E-state index contributed by atoms with van der Waals surface area (Å²) >= 11 is 0.916. The van der Waals surface area contributed by atoms with E-state index in [0.717, 1.165) is 11.7 Å². The number of hydrogen-bond donors (Lipinski definition) is 0. The van der Waals surface area contributed by atoms with Crippen molar-refractivity contribution >= 4 is 27.7 Å². The highest BCUT2D eigenvalue weighted by Crippen LogP contribution is 2.28. The van der Waals surface area contributed by atoms with Gasteiger partial charge in [-0.15, -0.1) is 4.37 Å². The number of piperazine rings is 1. The summed E-state index contributed by atoms with van der Waals surface area (Å²) in [7, 11) is -3.25. The summed E-state index contributed by atoms with van der Waals surface area (Å²) in [5.74, 6) is -0.369. The molecule has 0 N–H and O–H groups in total. The number of nitrogens with zero attached hydrogens (tertiary/aromatic N) is 4. The molecule has 1 saturated heterocycles. The Hall–Kier alpha value is -2.11. The van der Waals surface area contributed by atoms with E-state index >= 15 is 0 Å². The second kappa shape index (κ2) is 8.93. The molecule has 152 valence electrons. The second-order valence-electron chi connectivity index (χ2n) is 6.31. The van der Waals surface area contributed by atoms with Crippen molar-refractivity contribution < 1.29 is 22.3 Å². The van der Waals surface area contributed by atoms with Gasteiger partial charge in [0.15, 0.2) is 6.61 Å². The number of carbonyl (C=O) groups is 1. The van der Waals surface area contributed by atoms with Gasteiger partial charge in [-0.3, -0.25) is 4.79 Å². The van der Waals surface area contributed by atoms with Crippen LogP contribution in [0, 0.1) is 5.82 Å². The Morgan fingerprint density at radius 3 is 2.68 bits per heavy atom. The minimum atomic E-state index is -3.25. The van der Waals surface area contributed by atoms with E-state index in [1.54, 1.807) is 17.0 Å². The van der Waals surface area contributed by atoms with Crippen LogP contribution in [0.1, 0.15) is 13.3 Å². The van der Waals surface area contributed by atoms with Crippen LogP contribution in [0.4, 0.5) is 4.39 Å². The molecule has 1 amide bonds. The maximum Gasteiger partial charge on any atom is 0.260 e. The lowest BCUT2D eigenvalue weighted by atomic mass is 10.1. The van der Waals surface area contributed by atoms with Crippen LogP contribution < -0.4 is 4.74 Å². The predicted molar refractivity (Wildman–Crippen MR) is 103 cm³/mol.